The van der Waals surface area contributed by atoms with Crippen LogP contribution in [0.3, 0.4) is 0 Å². The fraction of sp³-hybridized carbons (Fsp3) is 0.200. The number of dihydropyridines is 1. The molecule has 0 atom stereocenters. The maximum Gasteiger partial charge on any atom is 0.334 e. The number of nitrogens with zero attached hydrogens (tertiary/aromatic N) is 1. The molecule has 0 unspecified atom stereocenters. The fourth-order valence-corrected chi connectivity index (χ4v) is 2.81. The van der Waals surface area contributed by atoms with Gasteiger partial charge in [-0.1, -0.05) is 0 Å². The van der Waals surface area contributed by atoms with E-state index in [1.807, 2.05) is 0 Å². The molecule has 0 saturated carbocycles. The number of phenolic OH excluding ortho intramolecular Hbond substituents is 1. The maximum absolute atomic E-state index is 11.6. The van der Waals surface area contributed by atoms with E-state index >= 15 is 0 Å². The molecule has 0 radical (unpaired) electrons. The highest BCUT2D eigenvalue weighted by Gasteiger charge is 2.39. The first-order chi connectivity index (χ1) is 11.1. The van der Waals surface area contributed by atoms with E-state index in [1.54, 1.807) is 0 Å². The van der Waals surface area contributed by atoms with Crippen molar-refractivity contribution < 1.29 is 29.8 Å². The van der Waals surface area contributed by atoms with Gasteiger partial charge in [0.25, 0.3) is 5.69 Å². The third-order valence-electron chi connectivity index (χ3n) is 3.74. The first-order valence-corrected chi connectivity index (χ1v) is 6.77. The van der Waals surface area contributed by atoms with Crippen LogP contribution < -0.4 is 5.32 Å². The molecule has 9 nitrogen and oxygen atoms in total. The molecule has 0 aliphatic carbocycles. The molecule has 0 saturated heterocycles. The molecule has 1 aliphatic heterocycles. The van der Waals surface area contributed by atoms with Crippen molar-refractivity contribution in [3.05, 3.63) is 56.4 Å². The van der Waals surface area contributed by atoms with E-state index in [9.17, 15) is 35.0 Å². The standard InChI is InChI=1S/C15H14N2O7/c1-6-11(14(19)20)13(12(15(21)22)7(2)16-6)9-5-8(18)3-4-10(9)17(23)24/h3-5,13,16,18H,1-2H3,(H,19,20)(H,21,22). The predicted octanol–water partition coefficient (Wildman–Crippen LogP) is 1.70. The number of allylic oxidation sites excluding steroid dienone is 2. The van der Waals surface area contributed by atoms with Crippen LogP contribution in [0.15, 0.2) is 40.7 Å². The molecule has 0 aromatic heterocycles. The molecule has 0 amide bonds. The molecule has 126 valence electrons. The van der Waals surface area contributed by atoms with Gasteiger partial charge in [0.15, 0.2) is 0 Å². The lowest BCUT2D eigenvalue weighted by atomic mass is 9.79. The average Bonchev–Trinajstić information content (AvgIpc) is 2.44. The Kier molecular flexibility index (Phi) is 4.27. The number of aromatic hydroxyl groups is 1. The third kappa shape index (κ3) is 2.78. The Hall–Kier alpha value is -3.36. The summed E-state index contributed by atoms with van der Waals surface area (Å²) in [5.74, 6) is -4.55. The molecular formula is C15H14N2O7. The van der Waals surface area contributed by atoms with Crippen LogP contribution >= 0.6 is 0 Å². The van der Waals surface area contributed by atoms with E-state index in [-0.39, 0.29) is 33.9 Å². The highest BCUT2D eigenvalue weighted by atomic mass is 16.6. The van der Waals surface area contributed by atoms with Gasteiger partial charge in [0.05, 0.1) is 22.0 Å². The van der Waals surface area contributed by atoms with E-state index < -0.39 is 28.5 Å². The molecule has 4 N–H and O–H groups in total. The number of nitro groups is 1. The summed E-state index contributed by atoms with van der Waals surface area (Å²) < 4.78 is 0. The van der Waals surface area contributed by atoms with Gasteiger partial charge in [0, 0.05) is 23.0 Å². The topological polar surface area (TPSA) is 150 Å². The number of rotatable bonds is 4. The van der Waals surface area contributed by atoms with Crippen molar-refractivity contribution in [2.45, 2.75) is 19.8 Å². The zero-order valence-electron chi connectivity index (χ0n) is 12.7. The van der Waals surface area contributed by atoms with Crippen LogP contribution in [0.25, 0.3) is 0 Å². The summed E-state index contributed by atoms with van der Waals surface area (Å²) in [7, 11) is 0. The second-order valence-electron chi connectivity index (χ2n) is 5.25. The highest BCUT2D eigenvalue weighted by molar-refractivity contribution is 5.98. The van der Waals surface area contributed by atoms with Gasteiger partial charge in [0.1, 0.15) is 5.75 Å². The van der Waals surface area contributed by atoms with E-state index in [0.29, 0.717) is 0 Å². The molecule has 2 rings (SSSR count). The molecular weight excluding hydrogens is 320 g/mol. The number of benzene rings is 1. The Morgan fingerprint density at radius 1 is 1.12 bits per heavy atom. The predicted molar refractivity (Wildman–Crippen MR) is 81.3 cm³/mol. The van der Waals surface area contributed by atoms with Crippen molar-refractivity contribution in [3.8, 4) is 5.75 Å². The second-order valence-corrected chi connectivity index (χ2v) is 5.25. The number of nitro benzene ring substituents is 1. The summed E-state index contributed by atoms with van der Waals surface area (Å²) in [5, 5.41) is 42.6. The maximum atomic E-state index is 11.6. The number of phenols is 1. The van der Waals surface area contributed by atoms with Gasteiger partial charge in [-0.25, -0.2) is 9.59 Å². The van der Waals surface area contributed by atoms with Crippen LogP contribution in [0.5, 0.6) is 5.75 Å². The smallest absolute Gasteiger partial charge is 0.334 e. The van der Waals surface area contributed by atoms with Crippen LogP contribution in [0.1, 0.15) is 25.3 Å². The number of carboxylic acids is 2. The summed E-state index contributed by atoms with van der Waals surface area (Å²) >= 11 is 0. The van der Waals surface area contributed by atoms with Crippen LogP contribution in [-0.4, -0.2) is 32.2 Å². The molecule has 1 aromatic rings. The first kappa shape index (κ1) is 17.0. The van der Waals surface area contributed by atoms with Gasteiger partial charge >= 0.3 is 11.9 Å². The van der Waals surface area contributed by atoms with Gasteiger partial charge in [-0.3, -0.25) is 10.1 Å². The minimum absolute atomic E-state index is 0.174. The Morgan fingerprint density at radius 3 is 2.04 bits per heavy atom. The van der Waals surface area contributed by atoms with E-state index in [4.69, 9.17) is 0 Å². The lowest BCUT2D eigenvalue weighted by Crippen LogP contribution is -2.31. The van der Waals surface area contributed by atoms with Crippen molar-refractivity contribution in [1.82, 2.24) is 5.32 Å². The molecule has 24 heavy (non-hydrogen) atoms. The zero-order chi connectivity index (χ0) is 18.2. The number of hydrogen-bond acceptors (Lipinski definition) is 6. The number of hydrogen-bond donors (Lipinski definition) is 4. The van der Waals surface area contributed by atoms with E-state index in [0.717, 1.165) is 18.2 Å². The summed E-state index contributed by atoms with van der Waals surface area (Å²) in [6, 6.07) is 3.10. The highest BCUT2D eigenvalue weighted by Crippen LogP contribution is 2.42. The summed E-state index contributed by atoms with van der Waals surface area (Å²) in [5.41, 5.74) is -0.980. The van der Waals surface area contributed by atoms with Crippen LogP contribution in [-0.2, 0) is 9.59 Å². The Bertz CT molecular complexity index is 787. The van der Waals surface area contributed by atoms with Crippen LogP contribution in [0.4, 0.5) is 5.69 Å². The minimum Gasteiger partial charge on any atom is -0.508 e. The van der Waals surface area contributed by atoms with Gasteiger partial charge in [0.2, 0.25) is 0 Å². The zero-order valence-corrected chi connectivity index (χ0v) is 12.7. The normalized spacial score (nSPS) is 15.2. The van der Waals surface area contributed by atoms with Crippen molar-refractivity contribution in [2.75, 3.05) is 0 Å². The molecule has 0 fully saturated rings. The monoisotopic (exact) mass is 334 g/mol. The molecule has 0 bridgehead atoms. The van der Waals surface area contributed by atoms with Crippen LogP contribution in [0, 0.1) is 10.1 Å². The molecule has 1 aromatic carbocycles. The van der Waals surface area contributed by atoms with Gasteiger partial charge in [-0.05, 0) is 26.0 Å². The SMILES string of the molecule is CC1=C(C(=O)O)C(c2cc(O)ccc2[N+](=O)[O-])C(C(=O)O)=C(C)N1. The molecule has 9 heteroatoms. The lowest BCUT2D eigenvalue weighted by Gasteiger charge is -2.28. The van der Waals surface area contributed by atoms with Crippen molar-refractivity contribution >= 4 is 17.6 Å². The van der Waals surface area contributed by atoms with Crippen molar-refractivity contribution in [1.29, 1.82) is 0 Å². The largest absolute Gasteiger partial charge is 0.508 e. The molecule has 1 aliphatic rings. The Labute approximate surface area is 135 Å². The summed E-state index contributed by atoms with van der Waals surface area (Å²) in [6.07, 6.45) is 0. The third-order valence-corrected chi connectivity index (χ3v) is 3.74. The first-order valence-electron chi connectivity index (χ1n) is 6.77. The minimum atomic E-state index is -1.41. The number of carboxylic acid groups (broad SMARTS) is 2. The van der Waals surface area contributed by atoms with E-state index in [1.165, 1.54) is 13.8 Å². The Morgan fingerprint density at radius 2 is 1.62 bits per heavy atom. The van der Waals surface area contributed by atoms with Gasteiger partial charge in [-0.2, -0.15) is 0 Å². The van der Waals surface area contributed by atoms with Crippen molar-refractivity contribution in [2.24, 2.45) is 0 Å². The quantitative estimate of drug-likeness (QED) is 0.480. The second kappa shape index (κ2) is 6.03. The van der Waals surface area contributed by atoms with Crippen molar-refractivity contribution in [3.63, 3.8) is 0 Å². The number of carbonyl (C=O) groups is 2. The number of aliphatic carboxylic acids is 2. The van der Waals surface area contributed by atoms with E-state index in [2.05, 4.69) is 5.32 Å². The number of nitrogens with one attached hydrogen (secondary N) is 1. The average molecular weight is 334 g/mol. The fourth-order valence-electron chi connectivity index (χ4n) is 2.81. The lowest BCUT2D eigenvalue weighted by molar-refractivity contribution is -0.385. The summed E-state index contributed by atoms with van der Waals surface area (Å²) in [6.45, 7) is 2.88. The molecule has 0 spiro atoms. The van der Waals surface area contributed by atoms with Gasteiger partial charge < -0.3 is 20.6 Å². The summed E-state index contributed by atoms with van der Waals surface area (Å²) in [4.78, 5) is 33.8. The molecule has 1 heterocycles. The Balaban J connectivity index is 2.86. The van der Waals surface area contributed by atoms with Crippen LogP contribution in [0.2, 0.25) is 0 Å². The van der Waals surface area contributed by atoms with Gasteiger partial charge in [-0.15, -0.1) is 0 Å².